The number of nitrogen functional groups attached to an aromatic ring is 1. The SMILES string of the molecule is CCCCCCCCCCCCCCCCCCSCC(COP(=O)(O)OP(=O)(O)OCC1OC(n2ccc(N)nc2=O)C(O)C1O)OC(=O)CCCCCCCCCCC. The number of phosphoric ester groups is 2. The van der Waals surface area contributed by atoms with Gasteiger partial charge in [-0.25, -0.2) is 13.9 Å². The zero-order chi connectivity index (χ0) is 44.8. The number of aromatic nitrogens is 2. The molecule has 1 aromatic rings. The molecule has 2 rings (SSSR count). The largest absolute Gasteiger partial charge is 0.481 e. The molecule has 1 aliphatic rings. The Hall–Kier alpha value is -1.36. The Balaban J connectivity index is 1.76. The summed E-state index contributed by atoms with van der Waals surface area (Å²) in [5.41, 5.74) is 4.62. The average Bonchev–Trinajstić information content (AvgIpc) is 3.49. The van der Waals surface area contributed by atoms with Crippen molar-refractivity contribution in [1.82, 2.24) is 9.55 Å². The molecule has 0 amide bonds. The number of phosphoric acid groups is 2. The van der Waals surface area contributed by atoms with Gasteiger partial charge in [0, 0.05) is 18.4 Å². The molecule has 356 valence electrons. The Morgan fingerprint density at radius 1 is 0.770 bits per heavy atom. The summed E-state index contributed by atoms with van der Waals surface area (Å²) >= 11 is 1.53. The zero-order valence-corrected chi connectivity index (χ0v) is 39.6. The van der Waals surface area contributed by atoms with Crippen LogP contribution in [0.25, 0.3) is 0 Å². The van der Waals surface area contributed by atoms with E-state index in [0.717, 1.165) is 48.8 Å². The van der Waals surface area contributed by atoms with Gasteiger partial charge >= 0.3 is 27.3 Å². The molecule has 7 unspecified atom stereocenters. The molecule has 0 radical (unpaired) electrons. The second-order valence-corrected chi connectivity index (χ2v) is 20.5. The Morgan fingerprint density at radius 3 is 1.75 bits per heavy atom. The van der Waals surface area contributed by atoms with Gasteiger partial charge in [0.05, 0.1) is 13.2 Å². The summed E-state index contributed by atoms with van der Waals surface area (Å²) < 4.78 is 51.8. The van der Waals surface area contributed by atoms with Gasteiger partial charge in [0.25, 0.3) is 0 Å². The molecule has 2 heterocycles. The lowest BCUT2D eigenvalue weighted by atomic mass is 10.0. The van der Waals surface area contributed by atoms with E-state index in [1.54, 1.807) is 0 Å². The maximum absolute atomic E-state index is 12.8. The molecule has 7 atom stereocenters. The van der Waals surface area contributed by atoms with Gasteiger partial charge in [-0.05, 0) is 24.7 Å². The van der Waals surface area contributed by atoms with Crippen LogP contribution in [0.4, 0.5) is 5.82 Å². The summed E-state index contributed by atoms with van der Waals surface area (Å²) in [5, 5.41) is 20.9. The van der Waals surface area contributed by atoms with E-state index in [-0.39, 0.29) is 18.0 Å². The number of hydrogen-bond donors (Lipinski definition) is 5. The van der Waals surface area contributed by atoms with Crippen LogP contribution in [-0.2, 0) is 36.8 Å². The molecule has 1 aliphatic heterocycles. The molecular formula is C42H79N3O13P2S. The predicted molar refractivity (Wildman–Crippen MR) is 240 cm³/mol. The number of aliphatic hydroxyl groups is 2. The van der Waals surface area contributed by atoms with Gasteiger partial charge in [-0.2, -0.15) is 21.1 Å². The highest BCUT2D eigenvalue weighted by molar-refractivity contribution is 7.99. The minimum absolute atomic E-state index is 0.0777. The number of carbonyl (C=O) groups excluding carboxylic acids is 1. The number of carbonyl (C=O) groups is 1. The normalized spacial score (nSPS) is 20.4. The van der Waals surface area contributed by atoms with Gasteiger partial charge in [0.15, 0.2) is 6.23 Å². The quantitative estimate of drug-likeness (QED) is 0.0235. The Morgan fingerprint density at radius 2 is 1.25 bits per heavy atom. The molecule has 0 spiro atoms. The molecule has 1 fully saturated rings. The summed E-state index contributed by atoms with van der Waals surface area (Å²) in [4.78, 5) is 49.1. The first kappa shape index (κ1) is 55.8. The molecule has 1 saturated heterocycles. The van der Waals surface area contributed by atoms with Crippen molar-refractivity contribution in [2.24, 2.45) is 0 Å². The number of thioether (sulfide) groups is 1. The van der Waals surface area contributed by atoms with Crippen molar-refractivity contribution >= 4 is 39.2 Å². The fraction of sp³-hybridized carbons (Fsp3) is 0.881. The van der Waals surface area contributed by atoms with Crippen molar-refractivity contribution in [2.45, 2.75) is 211 Å². The van der Waals surface area contributed by atoms with Gasteiger partial charge in [0.1, 0.15) is 30.2 Å². The summed E-state index contributed by atoms with van der Waals surface area (Å²) in [6, 6.07) is 1.27. The summed E-state index contributed by atoms with van der Waals surface area (Å²) in [5.74, 6) is 0.539. The van der Waals surface area contributed by atoms with Crippen molar-refractivity contribution in [2.75, 3.05) is 30.5 Å². The van der Waals surface area contributed by atoms with Crippen LogP contribution < -0.4 is 11.4 Å². The number of unbranched alkanes of at least 4 members (excludes halogenated alkanes) is 23. The Bertz CT molecular complexity index is 1460. The highest BCUT2D eigenvalue weighted by Crippen LogP contribution is 2.60. The first-order chi connectivity index (χ1) is 29.3. The Kier molecular flexibility index (Phi) is 30.3. The number of nitrogens with two attached hydrogens (primary N) is 1. The van der Waals surface area contributed by atoms with Crippen LogP contribution in [0, 0.1) is 0 Å². The smallest absolute Gasteiger partial charge is 0.459 e. The highest BCUT2D eigenvalue weighted by Gasteiger charge is 2.46. The van der Waals surface area contributed by atoms with Gasteiger partial charge < -0.3 is 35.2 Å². The third-order valence-electron chi connectivity index (χ3n) is 10.7. The van der Waals surface area contributed by atoms with Crippen LogP contribution >= 0.6 is 27.4 Å². The van der Waals surface area contributed by atoms with Gasteiger partial charge in [-0.1, -0.05) is 162 Å². The van der Waals surface area contributed by atoms with Crippen molar-refractivity contribution in [3.05, 3.63) is 22.7 Å². The van der Waals surface area contributed by atoms with Crippen LogP contribution in [0.5, 0.6) is 0 Å². The highest BCUT2D eigenvalue weighted by atomic mass is 32.2. The molecule has 0 bridgehead atoms. The third kappa shape index (κ3) is 26.3. The van der Waals surface area contributed by atoms with E-state index in [4.69, 9.17) is 24.3 Å². The number of ether oxygens (including phenoxy) is 2. The van der Waals surface area contributed by atoms with Crippen molar-refractivity contribution in [1.29, 1.82) is 0 Å². The topological polar surface area (TPSA) is 239 Å². The summed E-state index contributed by atoms with van der Waals surface area (Å²) in [6.45, 7) is 2.98. The van der Waals surface area contributed by atoms with Crippen molar-refractivity contribution < 1.29 is 56.8 Å². The van der Waals surface area contributed by atoms with Crippen LogP contribution in [0.3, 0.4) is 0 Å². The molecule has 19 heteroatoms. The number of hydrogen-bond acceptors (Lipinski definition) is 14. The maximum Gasteiger partial charge on any atom is 0.481 e. The average molecular weight is 928 g/mol. The maximum atomic E-state index is 12.8. The third-order valence-corrected chi connectivity index (χ3v) is 14.5. The molecule has 61 heavy (non-hydrogen) atoms. The second-order valence-electron chi connectivity index (χ2n) is 16.3. The van der Waals surface area contributed by atoms with Gasteiger partial charge in [0.2, 0.25) is 0 Å². The molecule has 1 aromatic heterocycles. The van der Waals surface area contributed by atoms with Crippen LogP contribution in [0.2, 0.25) is 0 Å². The van der Waals surface area contributed by atoms with Gasteiger partial charge in [-0.3, -0.25) is 18.4 Å². The molecule has 6 N–H and O–H groups in total. The monoisotopic (exact) mass is 927 g/mol. The van der Waals surface area contributed by atoms with Crippen LogP contribution in [0.15, 0.2) is 17.1 Å². The van der Waals surface area contributed by atoms with Crippen molar-refractivity contribution in [3.8, 4) is 0 Å². The number of aliphatic hydroxyl groups excluding tert-OH is 2. The van der Waals surface area contributed by atoms with E-state index in [9.17, 15) is 38.7 Å². The molecule has 0 aromatic carbocycles. The lowest BCUT2D eigenvalue weighted by Gasteiger charge is -2.21. The van der Waals surface area contributed by atoms with Gasteiger partial charge in [-0.15, -0.1) is 0 Å². The number of nitrogens with zero attached hydrogens (tertiary/aromatic N) is 2. The fourth-order valence-electron chi connectivity index (χ4n) is 7.15. The predicted octanol–water partition coefficient (Wildman–Crippen LogP) is 9.52. The minimum Gasteiger partial charge on any atom is -0.459 e. The lowest BCUT2D eigenvalue weighted by molar-refractivity contribution is -0.149. The van der Waals surface area contributed by atoms with E-state index >= 15 is 0 Å². The Labute approximate surface area is 369 Å². The molecule has 16 nitrogen and oxygen atoms in total. The van der Waals surface area contributed by atoms with Crippen LogP contribution in [-0.4, -0.2) is 84.7 Å². The molecule has 0 aliphatic carbocycles. The van der Waals surface area contributed by atoms with Crippen molar-refractivity contribution in [3.63, 3.8) is 0 Å². The van der Waals surface area contributed by atoms with E-state index < -0.39 is 71.2 Å². The number of esters is 1. The lowest BCUT2D eigenvalue weighted by Crippen LogP contribution is -2.36. The second kappa shape index (κ2) is 33.2. The first-order valence-electron chi connectivity index (χ1n) is 23.1. The number of rotatable bonds is 39. The number of anilines is 1. The standard InChI is InChI=1S/C42H79N3O13P2S/c1-3-5-7-9-11-13-14-15-16-17-18-19-21-23-25-27-31-61-34-35(56-38(46)28-26-24-22-20-12-10-8-6-4-2)32-54-59(50,51)58-60(52,53)55-33-36-39(47)40(48)41(57-36)45-30-29-37(43)44-42(45)49/h29-30,35-36,39-41,47-48H,3-28,31-34H2,1-2H3,(H,50,51)(H,52,53)(H2,43,44,49). The van der Waals surface area contributed by atoms with E-state index in [0.29, 0.717) is 6.42 Å². The van der Waals surface area contributed by atoms with Crippen LogP contribution in [0.1, 0.15) is 187 Å². The zero-order valence-electron chi connectivity index (χ0n) is 37.0. The first-order valence-corrected chi connectivity index (χ1v) is 27.2. The van der Waals surface area contributed by atoms with E-state index in [1.165, 1.54) is 140 Å². The minimum atomic E-state index is -5.32. The van der Waals surface area contributed by atoms with E-state index in [2.05, 4.69) is 23.1 Å². The summed E-state index contributed by atoms with van der Waals surface area (Å²) in [6.07, 6.45) is 24.5. The molecular weight excluding hydrogens is 848 g/mol. The molecule has 0 saturated carbocycles. The summed E-state index contributed by atoms with van der Waals surface area (Å²) in [7, 11) is -10.6. The van der Waals surface area contributed by atoms with E-state index in [1.807, 2.05) is 0 Å². The fourth-order valence-corrected chi connectivity index (χ4v) is 10.3.